The first-order chi connectivity index (χ1) is 9.27. The van der Waals surface area contributed by atoms with Crippen molar-refractivity contribution in [3.05, 3.63) is 0 Å². The van der Waals surface area contributed by atoms with E-state index < -0.39 is 0 Å². The molecule has 5 heteroatoms. The van der Waals surface area contributed by atoms with Gasteiger partial charge in [0.25, 0.3) is 0 Å². The molecule has 0 aromatic heterocycles. The van der Waals surface area contributed by atoms with Crippen LogP contribution in [0.25, 0.3) is 0 Å². The Balaban J connectivity index is 1.94. The maximum Gasteiger partial charge on any atom is 0.314 e. The van der Waals surface area contributed by atoms with Crippen LogP contribution < -0.4 is 10.6 Å². The van der Waals surface area contributed by atoms with Gasteiger partial charge in [-0.05, 0) is 45.2 Å². The smallest absolute Gasteiger partial charge is 0.314 e. The van der Waals surface area contributed by atoms with Crippen molar-refractivity contribution >= 4 is 6.03 Å². The number of hydrogen-bond acceptors (Lipinski definition) is 3. The van der Waals surface area contributed by atoms with Crippen molar-refractivity contribution in [2.24, 2.45) is 0 Å². The third kappa shape index (κ3) is 6.78. The normalized spacial score (nSPS) is 19.6. The number of carbonyl (C=O) groups is 1. The summed E-state index contributed by atoms with van der Waals surface area (Å²) in [6.45, 7) is 6.01. The van der Waals surface area contributed by atoms with E-state index in [1.165, 1.54) is 6.42 Å². The van der Waals surface area contributed by atoms with Gasteiger partial charge in [0.15, 0.2) is 0 Å². The van der Waals surface area contributed by atoms with Crippen LogP contribution in [0.4, 0.5) is 4.79 Å². The molecule has 112 valence electrons. The first-order valence-corrected chi connectivity index (χ1v) is 7.64. The lowest BCUT2D eigenvalue weighted by Gasteiger charge is -2.22. The van der Waals surface area contributed by atoms with Crippen LogP contribution in [0.5, 0.6) is 0 Å². The second kappa shape index (κ2) is 10.0. The van der Waals surface area contributed by atoms with Crippen LogP contribution in [-0.4, -0.2) is 54.9 Å². The highest BCUT2D eigenvalue weighted by Crippen LogP contribution is 2.16. The number of urea groups is 1. The van der Waals surface area contributed by atoms with Gasteiger partial charge in [-0.25, -0.2) is 4.79 Å². The molecule has 1 rings (SSSR count). The molecule has 0 radical (unpaired) electrons. The second-order valence-electron chi connectivity index (χ2n) is 5.26. The molecule has 0 aromatic rings. The molecule has 1 atom stereocenters. The van der Waals surface area contributed by atoms with E-state index in [4.69, 9.17) is 0 Å². The third-order valence-electron chi connectivity index (χ3n) is 3.68. The van der Waals surface area contributed by atoms with E-state index in [0.29, 0.717) is 6.04 Å². The molecule has 19 heavy (non-hydrogen) atoms. The fraction of sp³-hybridized carbons (Fsp3) is 0.929. The Morgan fingerprint density at radius 3 is 2.68 bits per heavy atom. The minimum Gasteiger partial charge on any atom is -0.395 e. The molecule has 1 saturated heterocycles. The molecule has 0 aromatic carbocycles. The summed E-state index contributed by atoms with van der Waals surface area (Å²) in [6.07, 6.45) is 6.52. The molecule has 0 bridgehead atoms. The predicted octanol–water partition coefficient (Wildman–Crippen LogP) is 1.32. The predicted molar refractivity (Wildman–Crippen MR) is 77.2 cm³/mol. The second-order valence-corrected chi connectivity index (χ2v) is 5.26. The van der Waals surface area contributed by atoms with Gasteiger partial charge in [0.05, 0.1) is 6.61 Å². The van der Waals surface area contributed by atoms with Crippen LogP contribution in [0, 0.1) is 0 Å². The first-order valence-electron chi connectivity index (χ1n) is 7.64. The van der Waals surface area contributed by atoms with E-state index >= 15 is 0 Å². The van der Waals surface area contributed by atoms with Crippen LogP contribution in [0.1, 0.15) is 45.4 Å². The number of aliphatic hydroxyl groups is 1. The van der Waals surface area contributed by atoms with Crippen LogP contribution in [0.2, 0.25) is 0 Å². The summed E-state index contributed by atoms with van der Waals surface area (Å²) in [5.74, 6) is 0. The average molecular weight is 271 g/mol. The molecule has 0 unspecified atom stereocenters. The van der Waals surface area contributed by atoms with Gasteiger partial charge in [-0.1, -0.05) is 13.3 Å². The largest absolute Gasteiger partial charge is 0.395 e. The number of nitrogens with one attached hydrogen (secondary N) is 2. The van der Waals surface area contributed by atoms with E-state index in [1.807, 2.05) is 0 Å². The Kier molecular flexibility index (Phi) is 8.58. The number of aliphatic hydroxyl groups excluding tert-OH is 1. The van der Waals surface area contributed by atoms with Gasteiger partial charge in [0.2, 0.25) is 0 Å². The molecule has 1 aliphatic heterocycles. The van der Waals surface area contributed by atoms with E-state index in [0.717, 1.165) is 58.3 Å². The number of rotatable bonds is 9. The lowest BCUT2D eigenvalue weighted by atomic mass is 10.2. The lowest BCUT2D eigenvalue weighted by molar-refractivity contribution is 0.157. The van der Waals surface area contributed by atoms with E-state index in [1.54, 1.807) is 0 Å². The van der Waals surface area contributed by atoms with Gasteiger partial charge in [0.1, 0.15) is 0 Å². The maximum atomic E-state index is 11.4. The third-order valence-corrected chi connectivity index (χ3v) is 3.68. The van der Waals surface area contributed by atoms with Gasteiger partial charge in [-0.3, -0.25) is 4.90 Å². The van der Waals surface area contributed by atoms with Crippen molar-refractivity contribution < 1.29 is 9.90 Å². The van der Waals surface area contributed by atoms with Crippen molar-refractivity contribution in [2.45, 2.75) is 51.5 Å². The van der Waals surface area contributed by atoms with Crippen LogP contribution in [0.3, 0.4) is 0 Å². The average Bonchev–Trinajstić information content (AvgIpc) is 2.86. The molecule has 0 spiro atoms. The summed E-state index contributed by atoms with van der Waals surface area (Å²) in [5, 5.41) is 14.9. The number of carbonyl (C=O) groups excluding carboxylic acids is 1. The number of unbranched alkanes of at least 4 members (excludes halogenated alkanes) is 2. The Morgan fingerprint density at radius 1 is 1.26 bits per heavy atom. The van der Waals surface area contributed by atoms with E-state index in [-0.39, 0.29) is 12.6 Å². The van der Waals surface area contributed by atoms with Gasteiger partial charge in [0, 0.05) is 19.1 Å². The summed E-state index contributed by atoms with van der Waals surface area (Å²) >= 11 is 0. The Morgan fingerprint density at radius 2 is 2.00 bits per heavy atom. The van der Waals surface area contributed by atoms with Crippen molar-refractivity contribution in [3.63, 3.8) is 0 Å². The van der Waals surface area contributed by atoms with Gasteiger partial charge < -0.3 is 15.7 Å². The topological polar surface area (TPSA) is 64.6 Å². The van der Waals surface area contributed by atoms with Gasteiger partial charge in [-0.15, -0.1) is 0 Å². The Bertz CT molecular complexity index is 249. The monoisotopic (exact) mass is 271 g/mol. The SMILES string of the molecule is CCCCNC(=O)NCCCCN1CCC[C@@H]1CO. The molecule has 0 aliphatic carbocycles. The lowest BCUT2D eigenvalue weighted by Crippen LogP contribution is -2.37. The number of amides is 2. The zero-order chi connectivity index (χ0) is 13.9. The highest BCUT2D eigenvalue weighted by Gasteiger charge is 2.22. The van der Waals surface area contributed by atoms with Crippen LogP contribution >= 0.6 is 0 Å². The highest BCUT2D eigenvalue weighted by atomic mass is 16.3. The van der Waals surface area contributed by atoms with Crippen molar-refractivity contribution in [1.82, 2.24) is 15.5 Å². The molecule has 1 aliphatic rings. The molecule has 1 fully saturated rings. The number of hydrogen-bond donors (Lipinski definition) is 3. The van der Waals surface area contributed by atoms with Crippen molar-refractivity contribution in [2.75, 3.05) is 32.8 Å². The minimum atomic E-state index is -0.0529. The number of likely N-dealkylation sites (tertiary alicyclic amines) is 1. The molecule has 0 saturated carbocycles. The summed E-state index contributed by atoms with van der Waals surface area (Å²) in [7, 11) is 0. The van der Waals surface area contributed by atoms with Gasteiger partial charge >= 0.3 is 6.03 Å². The van der Waals surface area contributed by atoms with Crippen LogP contribution in [-0.2, 0) is 0 Å². The summed E-state index contributed by atoms with van der Waals surface area (Å²) in [6, 6.07) is 0.313. The van der Waals surface area contributed by atoms with E-state index in [2.05, 4.69) is 22.5 Å². The summed E-state index contributed by atoms with van der Waals surface area (Å²) in [4.78, 5) is 13.7. The van der Waals surface area contributed by atoms with Crippen molar-refractivity contribution in [1.29, 1.82) is 0 Å². The fourth-order valence-corrected chi connectivity index (χ4v) is 2.48. The Labute approximate surface area is 116 Å². The first kappa shape index (κ1) is 16.2. The summed E-state index contributed by atoms with van der Waals surface area (Å²) in [5.41, 5.74) is 0. The highest BCUT2D eigenvalue weighted by molar-refractivity contribution is 5.73. The fourth-order valence-electron chi connectivity index (χ4n) is 2.48. The summed E-state index contributed by atoms with van der Waals surface area (Å²) < 4.78 is 0. The maximum absolute atomic E-state index is 11.4. The molecule has 1 heterocycles. The van der Waals surface area contributed by atoms with Gasteiger partial charge in [-0.2, -0.15) is 0 Å². The Hall–Kier alpha value is -0.810. The quantitative estimate of drug-likeness (QED) is 0.554. The van der Waals surface area contributed by atoms with E-state index in [9.17, 15) is 9.90 Å². The molecule has 2 amide bonds. The molecule has 5 nitrogen and oxygen atoms in total. The number of nitrogens with zero attached hydrogens (tertiary/aromatic N) is 1. The van der Waals surface area contributed by atoms with Crippen molar-refractivity contribution in [3.8, 4) is 0 Å². The zero-order valence-electron chi connectivity index (χ0n) is 12.2. The van der Waals surface area contributed by atoms with Crippen LogP contribution in [0.15, 0.2) is 0 Å². The molecular weight excluding hydrogens is 242 g/mol. The minimum absolute atomic E-state index is 0.0529. The molecule has 3 N–H and O–H groups in total. The zero-order valence-corrected chi connectivity index (χ0v) is 12.2. The molecular formula is C14H29N3O2. The standard InChI is InChI=1S/C14H29N3O2/c1-2-3-8-15-14(19)16-9-4-5-10-17-11-6-7-13(17)12-18/h13,18H,2-12H2,1H3,(H2,15,16,19)/t13-/m1/s1.